The van der Waals surface area contributed by atoms with Crippen LogP contribution in [0.3, 0.4) is 0 Å². The van der Waals surface area contributed by atoms with Gasteiger partial charge in [0.2, 0.25) is 0 Å². The van der Waals surface area contributed by atoms with Crippen LogP contribution in [-0.4, -0.2) is 60.5 Å². The number of fused-ring (bicyclic) bond motifs is 1. The summed E-state index contributed by atoms with van der Waals surface area (Å²) < 4.78 is 39.3. The number of hydrogen-bond acceptors (Lipinski definition) is 5. The second-order valence-electron chi connectivity index (χ2n) is 11.2. The highest BCUT2D eigenvalue weighted by molar-refractivity contribution is 6.08. The van der Waals surface area contributed by atoms with Crippen molar-refractivity contribution in [2.24, 2.45) is 5.92 Å². The maximum absolute atomic E-state index is 13.7. The minimum atomic E-state index is -0.610. The Balaban J connectivity index is 1.24. The number of rotatable bonds is 8. The summed E-state index contributed by atoms with van der Waals surface area (Å²) in [6.45, 7) is 3.37. The number of nitrogens with one attached hydrogen (secondary N) is 2. The van der Waals surface area contributed by atoms with Crippen LogP contribution in [0.25, 0.3) is 10.9 Å². The zero-order valence-corrected chi connectivity index (χ0v) is 23.1. The smallest absolute Gasteiger partial charge is 0.257 e. The van der Waals surface area contributed by atoms with Crippen LogP contribution in [0, 0.1) is 17.6 Å². The van der Waals surface area contributed by atoms with Gasteiger partial charge < -0.3 is 19.7 Å². The number of aromatic amines is 1. The average molecular weight is 561 g/mol. The van der Waals surface area contributed by atoms with Gasteiger partial charge in [-0.15, -0.1) is 0 Å². The number of carbonyl (C=O) groups is 1. The van der Waals surface area contributed by atoms with Crippen LogP contribution in [0.4, 0.5) is 14.6 Å². The minimum absolute atomic E-state index is 0.143. The second kappa shape index (κ2) is 12.0. The molecular weight excluding hydrogens is 526 g/mol. The highest BCUT2D eigenvalue weighted by atomic mass is 19.1. The van der Waals surface area contributed by atoms with E-state index in [1.165, 1.54) is 12.1 Å². The molecule has 0 saturated carbocycles. The SMILES string of the molecule is CN1CC[C@H](Oc2ccc(C(=O)Nc3n[nH]c4ccc(Cc5cc(F)cc(F)c5)cc34)c(CC3CCOCC3)c2)C1. The van der Waals surface area contributed by atoms with E-state index in [1.54, 1.807) is 0 Å². The fourth-order valence-corrected chi connectivity index (χ4v) is 5.87. The van der Waals surface area contributed by atoms with E-state index in [-0.39, 0.29) is 12.0 Å². The number of nitrogens with zero attached hydrogens (tertiary/aromatic N) is 2. The van der Waals surface area contributed by atoms with Crippen molar-refractivity contribution in [2.45, 2.75) is 38.2 Å². The number of anilines is 1. The molecule has 3 aromatic carbocycles. The number of amides is 1. The monoisotopic (exact) mass is 560 g/mol. The molecular formula is C32H34F2N4O3. The van der Waals surface area contributed by atoms with Crippen molar-refractivity contribution >= 4 is 22.6 Å². The molecule has 214 valence electrons. The molecule has 1 aromatic heterocycles. The molecule has 6 rings (SSSR count). The van der Waals surface area contributed by atoms with E-state index in [0.29, 0.717) is 29.3 Å². The predicted molar refractivity (Wildman–Crippen MR) is 153 cm³/mol. The number of H-pyrrole nitrogens is 1. The standard InChI is InChI=1S/C32H34F2N4O3/c1-38-9-6-27(19-38)41-26-3-4-28(23(17-26)13-20-7-10-40-11-8-20)32(39)35-31-29-16-21(2-5-30(29)36-37-31)12-22-14-24(33)18-25(34)15-22/h2-5,14-18,20,27H,6-13,19H2,1H3,(H2,35,36,37,39)/t27-/m0/s1. The summed E-state index contributed by atoms with van der Waals surface area (Å²) in [5, 5.41) is 11.0. The van der Waals surface area contributed by atoms with Gasteiger partial charge in [-0.05, 0) is 104 Å². The third kappa shape index (κ3) is 6.57. The van der Waals surface area contributed by atoms with E-state index in [2.05, 4.69) is 27.5 Å². The fraction of sp³-hybridized carbons (Fsp3) is 0.375. The van der Waals surface area contributed by atoms with Crippen LogP contribution >= 0.6 is 0 Å². The van der Waals surface area contributed by atoms with Gasteiger partial charge in [0.25, 0.3) is 5.91 Å². The molecule has 0 aliphatic carbocycles. The van der Waals surface area contributed by atoms with Crippen molar-refractivity contribution in [1.29, 1.82) is 0 Å². The molecule has 0 spiro atoms. The number of likely N-dealkylation sites (N-methyl/N-ethyl adjacent to an activating group) is 1. The molecule has 3 heterocycles. The topological polar surface area (TPSA) is 79.5 Å². The van der Waals surface area contributed by atoms with Crippen molar-refractivity contribution in [1.82, 2.24) is 15.1 Å². The largest absolute Gasteiger partial charge is 0.489 e. The molecule has 0 bridgehead atoms. The first-order valence-corrected chi connectivity index (χ1v) is 14.2. The van der Waals surface area contributed by atoms with Crippen molar-refractivity contribution in [3.63, 3.8) is 0 Å². The average Bonchev–Trinajstić information content (AvgIpc) is 3.54. The van der Waals surface area contributed by atoms with Gasteiger partial charge in [-0.25, -0.2) is 8.78 Å². The van der Waals surface area contributed by atoms with E-state index in [1.807, 2.05) is 36.4 Å². The van der Waals surface area contributed by atoms with Gasteiger partial charge >= 0.3 is 0 Å². The number of halogens is 2. The quantitative estimate of drug-likeness (QED) is 0.288. The molecule has 4 aromatic rings. The maximum atomic E-state index is 13.7. The highest BCUT2D eigenvalue weighted by Crippen LogP contribution is 2.29. The van der Waals surface area contributed by atoms with Crippen molar-refractivity contribution in [3.05, 3.63) is 88.5 Å². The molecule has 1 atom stereocenters. The Hall–Kier alpha value is -3.82. The zero-order chi connectivity index (χ0) is 28.3. The molecule has 2 aliphatic rings. The third-order valence-electron chi connectivity index (χ3n) is 8.01. The molecule has 2 aliphatic heterocycles. The summed E-state index contributed by atoms with van der Waals surface area (Å²) in [6.07, 6.45) is 4.16. The van der Waals surface area contributed by atoms with E-state index >= 15 is 0 Å². The van der Waals surface area contributed by atoms with E-state index in [9.17, 15) is 13.6 Å². The lowest BCUT2D eigenvalue weighted by atomic mass is 9.90. The van der Waals surface area contributed by atoms with Crippen LogP contribution in [0.2, 0.25) is 0 Å². The van der Waals surface area contributed by atoms with Crippen molar-refractivity contribution in [2.75, 3.05) is 38.7 Å². The lowest BCUT2D eigenvalue weighted by Gasteiger charge is -2.23. The zero-order valence-electron chi connectivity index (χ0n) is 23.1. The molecule has 1 amide bonds. The molecule has 0 radical (unpaired) electrons. The highest BCUT2D eigenvalue weighted by Gasteiger charge is 2.24. The summed E-state index contributed by atoms with van der Waals surface area (Å²) in [5.74, 6) is 0.160. The van der Waals surface area contributed by atoms with Gasteiger partial charge in [0.1, 0.15) is 23.5 Å². The van der Waals surface area contributed by atoms with E-state index in [4.69, 9.17) is 9.47 Å². The van der Waals surface area contributed by atoms with Crippen LogP contribution in [-0.2, 0) is 17.6 Å². The lowest BCUT2D eigenvalue weighted by Crippen LogP contribution is -2.22. The van der Waals surface area contributed by atoms with Crippen LogP contribution < -0.4 is 10.1 Å². The summed E-state index contributed by atoms with van der Waals surface area (Å²) in [5.41, 5.74) is 3.67. The van der Waals surface area contributed by atoms with Gasteiger partial charge in [-0.1, -0.05) is 6.07 Å². The second-order valence-corrected chi connectivity index (χ2v) is 11.2. The summed E-state index contributed by atoms with van der Waals surface area (Å²) in [6, 6.07) is 14.9. The fourth-order valence-electron chi connectivity index (χ4n) is 5.87. The lowest BCUT2D eigenvalue weighted by molar-refractivity contribution is 0.0664. The van der Waals surface area contributed by atoms with Crippen LogP contribution in [0.5, 0.6) is 5.75 Å². The van der Waals surface area contributed by atoms with Crippen LogP contribution in [0.15, 0.2) is 54.6 Å². The van der Waals surface area contributed by atoms with Gasteiger partial charge in [0.15, 0.2) is 5.82 Å². The maximum Gasteiger partial charge on any atom is 0.257 e. The number of benzene rings is 3. The number of carbonyl (C=O) groups excluding carboxylic acids is 1. The Labute approximate surface area is 237 Å². The number of hydrogen-bond donors (Lipinski definition) is 2. The third-order valence-corrected chi connectivity index (χ3v) is 8.01. The van der Waals surface area contributed by atoms with Gasteiger partial charge in [-0.3, -0.25) is 9.89 Å². The summed E-state index contributed by atoms with van der Waals surface area (Å²) in [4.78, 5) is 15.9. The van der Waals surface area contributed by atoms with Gasteiger partial charge in [0.05, 0.1) is 5.52 Å². The Bertz CT molecular complexity index is 1530. The first kappa shape index (κ1) is 27.4. The summed E-state index contributed by atoms with van der Waals surface area (Å²) >= 11 is 0. The molecule has 7 nitrogen and oxygen atoms in total. The Morgan fingerprint density at radius 3 is 2.61 bits per heavy atom. The minimum Gasteiger partial charge on any atom is -0.489 e. The normalized spacial score (nSPS) is 18.2. The molecule has 9 heteroatoms. The molecule has 0 unspecified atom stereocenters. The van der Waals surface area contributed by atoms with Gasteiger partial charge in [-0.2, -0.15) is 5.10 Å². The predicted octanol–water partition coefficient (Wildman–Crippen LogP) is 5.74. The van der Waals surface area contributed by atoms with E-state index in [0.717, 1.165) is 85.8 Å². The number of likely N-dealkylation sites (tertiary alicyclic amines) is 1. The van der Waals surface area contributed by atoms with Crippen molar-refractivity contribution < 1.29 is 23.0 Å². The number of ether oxygens (including phenoxy) is 2. The van der Waals surface area contributed by atoms with Crippen LogP contribution in [0.1, 0.15) is 46.3 Å². The molecule has 41 heavy (non-hydrogen) atoms. The Kier molecular flexibility index (Phi) is 7.98. The van der Waals surface area contributed by atoms with E-state index < -0.39 is 11.6 Å². The molecule has 2 saturated heterocycles. The molecule has 2 N–H and O–H groups in total. The van der Waals surface area contributed by atoms with Gasteiger partial charge in [0, 0.05) is 43.3 Å². The Morgan fingerprint density at radius 2 is 1.85 bits per heavy atom. The van der Waals surface area contributed by atoms with Crippen molar-refractivity contribution in [3.8, 4) is 5.75 Å². The first-order valence-electron chi connectivity index (χ1n) is 14.2. The summed E-state index contributed by atoms with van der Waals surface area (Å²) in [7, 11) is 2.09. The first-order chi connectivity index (χ1) is 19.9. The number of aromatic nitrogens is 2. The molecule has 2 fully saturated rings. The Morgan fingerprint density at radius 1 is 1.05 bits per heavy atom.